The minimum atomic E-state index is 0.296. The lowest BCUT2D eigenvalue weighted by Gasteiger charge is -2.30. The molecule has 2 aromatic rings. The minimum absolute atomic E-state index is 0.296. The number of halogens is 1. The molecular formula is C14H17ClN2S2. The fourth-order valence-corrected chi connectivity index (χ4v) is 4.29. The average molecular weight is 313 g/mol. The quantitative estimate of drug-likeness (QED) is 0.869. The summed E-state index contributed by atoms with van der Waals surface area (Å²) >= 11 is 9.53. The van der Waals surface area contributed by atoms with Gasteiger partial charge in [0.2, 0.25) is 0 Å². The lowest BCUT2D eigenvalue weighted by molar-refractivity contribution is 0.185. The van der Waals surface area contributed by atoms with Crippen LogP contribution in [0.3, 0.4) is 0 Å². The van der Waals surface area contributed by atoms with Crippen molar-refractivity contribution in [2.75, 3.05) is 6.54 Å². The molecule has 0 aliphatic heterocycles. The smallest absolute Gasteiger partial charge is 0.0570 e. The molecule has 0 aromatic carbocycles. The third-order valence-corrected chi connectivity index (χ3v) is 5.61. The molecule has 3 rings (SSSR count). The largest absolute Gasteiger partial charge is 0.329 e. The van der Waals surface area contributed by atoms with Crippen molar-refractivity contribution in [2.45, 2.75) is 31.5 Å². The molecule has 0 spiro atoms. The van der Waals surface area contributed by atoms with Gasteiger partial charge in [0.1, 0.15) is 0 Å². The number of hydrogen-bond acceptors (Lipinski definition) is 4. The molecule has 1 unspecified atom stereocenters. The standard InChI is InChI=1S/C14H17ClN2S2/c15-11-5-14(19-9-11)13(6-16)17(12-1-2-12)7-10-3-4-18-8-10/h3-5,8-9,12-13H,1-2,6-7,16H2. The van der Waals surface area contributed by atoms with E-state index in [2.05, 4.69) is 27.8 Å². The van der Waals surface area contributed by atoms with E-state index in [1.54, 1.807) is 22.7 Å². The highest BCUT2D eigenvalue weighted by molar-refractivity contribution is 7.10. The second-order valence-electron chi connectivity index (χ2n) is 4.95. The Morgan fingerprint density at radius 2 is 2.26 bits per heavy atom. The Bertz CT molecular complexity index is 519. The molecule has 0 amide bonds. The first-order valence-corrected chi connectivity index (χ1v) is 8.69. The normalized spacial score (nSPS) is 17.0. The van der Waals surface area contributed by atoms with Gasteiger partial charge in [0.15, 0.2) is 0 Å². The molecule has 1 aliphatic carbocycles. The summed E-state index contributed by atoms with van der Waals surface area (Å²) in [4.78, 5) is 3.83. The molecule has 2 nitrogen and oxygen atoms in total. The van der Waals surface area contributed by atoms with E-state index in [4.69, 9.17) is 17.3 Å². The van der Waals surface area contributed by atoms with E-state index < -0.39 is 0 Å². The number of nitrogens with zero attached hydrogens (tertiary/aromatic N) is 1. The van der Waals surface area contributed by atoms with Crippen LogP contribution < -0.4 is 5.73 Å². The van der Waals surface area contributed by atoms with Crippen molar-refractivity contribution in [3.8, 4) is 0 Å². The molecule has 1 fully saturated rings. The predicted molar refractivity (Wildman–Crippen MR) is 84.0 cm³/mol. The average Bonchev–Trinajstić information content (AvgIpc) is 2.95. The first kappa shape index (κ1) is 13.6. The van der Waals surface area contributed by atoms with Crippen molar-refractivity contribution in [1.82, 2.24) is 4.90 Å². The lowest BCUT2D eigenvalue weighted by Crippen LogP contribution is -2.34. The fraction of sp³-hybridized carbons (Fsp3) is 0.429. The highest BCUT2D eigenvalue weighted by Gasteiger charge is 2.34. The summed E-state index contributed by atoms with van der Waals surface area (Å²) in [5, 5.41) is 7.18. The third-order valence-electron chi connectivity index (χ3n) is 3.50. The molecule has 5 heteroatoms. The molecule has 19 heavy (non-hydrogen) atoms. The zero-order valence-corrected chi connectivity index (χ0v) is 13.0. The Morgan fingerprint density at radius 1 is 1.42 bits per heavy atom. The van der Waals surface area contributed by atoms with E-state index in [0.717, 1.165) is 11.6 Å². The van der Waals surface area contributed by atoms with Gasteiger partial charge < -0.3 is 5.73 Å². The van der Waals surface area contributed by atoms with Crippen molar-refractivity contribution in [3.63, 3.8) is 0 Å². The third kappa shape index (κ3) is 3.20. The highest BCUT2D eigenvalue weighted by Crippen LogP contribution is 2.38. The predicted octanol–water partition coefficient (Wildman–Crippen LogP) is 4.13. The second kappa shape index (κ2) is 5.94. The Kier molecular flexibility index (Phi) is 4.24. The van der Waals surface area contributed by atoms with Crippen molar-refractivity contribution in [1.29, 1.82) is 0 Å². The number of nitrogens with two attached hydrogens (primary N) is 1. The van der Waals surface area contributed by atoms with Crippen LogP contribution in [0.1, 0.15) is 29.3 Å². The van der Waals surface area contributed by atoms with Gasteiger partial charge in [-0.15, -0.1) is 11.3 Å². The zero-order chi connectivity index (χ0) is 13.2. The topological polar surface area (TPSA) is 29.3 Å². The van der Waals surface area contributed by atoms with Gasteiger partial charge in [0.25, 0.3) is 0 Å². The Hall–Kier alpha value is -0.390. The monoisotopic (exact) mass is 312 g/mol. The zero-order valence-electron chi connectivity index (χ0n) is 10.6. The van der Waals surface area contributed by atoms with Gasteiger partial charge in [0.05, 0.1) is 11.1 Å². The fourth-order valence-electron chi connectivity index (χ4n) is 2.41. The Morgan fingerprint density at radius 3 is 2.79 bits per heavy atom. The summed E-state index contributed by atoms with van der Waals surface area (Å²) in [6, 6.07) is 5.25. The lowest BCUT2D eigenvalue weighted by atomic mass is 10.1. The highest BCUT2D eigenvalue weighted by atomic mass is 35.5. The van der Waals surface area contributed by atoms with E-state index in [1.807, 2.05) is 5.38 Å². The first-order chi connectivity index (χ1) is 9.28. The van der Waals surface area contributed by atoms with E-state index in [1.165, 1.54) is 23.3 Å². The van der Waals surface area contributed by atoms with Gasteiger partial charge in [-0.1, -0.05) is 11.6 Å². The number of rotatable bonds is 6. The first-order valence-electron chi connectivity index (χ1n) is 6.48. The van der Waals surface area contributed by atoms with Crippen molar-refractivity contribution in [2.24, 2.45) is 5.73 Å². The van der Waals surface area contributed by atoms with Gasteiger partial charge in [-0.05, 0) is 41.3 Å². The molecule has 1 aliphatic rings. The van der Waals surface area contributed by atoms with Gasteiger partial charge >= 0.3 is 0 Å². The van der Waals surface area contributed by atoms with Gasteiger partial charge in [-0.3, -0.25) is 4.90 Å². The van der Waals surface area contributed by atoms with E-state index in [-0.39, 0.29) is 0 Å². The van der Waals surface area contributed by atoms with E-state index in [9.17, 15) is 0 Å². The summed E-state index contributed by atoms with van der Waals surface area (Å²) in [5.41, 5.74) is 7.42. The Labute approximate surface area is 126 Å². The summed E-state index contributed by atoms with van der Waals surface area (Å²) in [6.45, 7) is 1.64. The van der Waals surface area contributed by atoms with E-state index >= 15 is 0 Å². The maximum Gasteiger partial charge on any atom is 0.0570 e. The SMILES string of the molecule is NCC(c1cc(Cl)cs1)N(Cc1ccsc1)C1CC1. The van der Waals surface area contributed by atoms with Crippen LogP contribution in [-0.4, -0.2) is 17.5 Å². The Balaban J connectivity index is 1.81. The molecule has 1 saturated carbocycles. The summed E-state index contributed by atoms with van der Waals surface area (Å²) < 4.78 is 0. The molecule has 2 N–H and O–H groups in total. The van der Waals surface area contributed by atoms with E-state index in [0.29, 0.717) is 18.6 Å². The van der Waals surface area contributed by atoms with Crippen molar-refractivity contribution < 1.29 is 0 Å². The van der Waals surface area contributed by atoms with Crippen LogP contribution in [0.25, 0.3) is 0 Å². The van der Waals surface area contributed by atoms with Crippen molar-refractivity contribution >= 4 is 34.3 Å². The second-order valence-corrected chi connectivity index (χ2v) is 7.11. The minimum Gasteiger partial charge on any atom is -0.329 e. The summed E-state index contributed by atoms with van der Waals surface area (Å²) in [7, 11) is 0. The van der Waals surface area contributed by atoms with Gasteiger partial charge in [-0.2, -0.15) is 11.3 Å². The van der Waals surface area contributed by atoms with Crippen LogP contribution in [0.5, 0.6) is 0 Å². The van der Waals surface area contributed by atoms with Crippen LogP contribution >= 0.6 is 34.3 Å². The molecule has 2 aromatic heterocycles. The van der Waals surface area contributed by atoms with Gasteiger partial charge in [-0.25, -0.2) is 0 Å². The van der Waals surface area contributed by atoms with Gasteiger partial charge in [0, 0.05) is 29.4 Å². The number of hydrogen-bond donors (Lipinski definition) is 1. The molecule has 1 atom stereocenters. The molecule has 0 bridgehead atoms. The molecular weight excluding hydrogens is 296 g/mol. The molecule has 0 saturated heterocycles. The van der Waals surface area contributed by atoms with Crippen LogP contribution in [0, 0.1) is 0 Å². The summed E-state index contributed by atoms with van der Waals surface area (Å²) in [6.07, 6.45) is 2.58. The molecule has 2 heterocycles. The van der Waals surface area contributed by atoms with Crippen LogP contribution in [0.4, 0.5) is 0 Å². The van der Waals surface area contributed by atoms with Crippen LogP contribution in [0.2, 0.25) is 5.02 Å². The molecule has 102 valence electrons. The van der Waals surface area contributed by atoms with Crippen LogP contribution in [0.15, 0.2) is 28.3 Å². The molecule has 0 radical (unpaired) electrons. The maximum absolute atomic E-state index is 6.06. The number of thiophene rings is 2. The van der Waals surface area contributed by atoms with Crippen LogP contribution in [-0.2, 0) is 6.54 Å². The summed E-state index contributed by atoms with van der Waals surface area (Å²) in [5.74, 6) is 0. The maximum atomic E-state index is 6.06. The van der Waals surface area contributed by atoms with Crippen molar-refractivity contribution in [3.05, 3.63) is 43.7 Å².